The van der Waals surface area contributed by atoms with Crippen LogP contribution in [0.4, 0.5) is 11.4 Å². The molecule has 0 unspecified atom stereocenters. The molecule has 0 spiro atoms. The Morgan fingerprint density at radius 2 is 2.32 bits per heavy atom. The highest BCUT2D eigenvalue weighted by molar-refractivity contribution is 5.61. The molecule has 0 fully saturated rings. The zero-order valence-electron chi connectivity index (χ0n) is 11.1. The highest BCUT2D eigenvalue weighted by atomic mass is 16.5. The van der Waals surface area contributed by atoms with Crippen LogP contribution in [0.1, 0.15) is 19.2 Å². The molecular formula is C14H20N4O. The molecule has 0 aliphatic carbocycles. The van der Waals surface area contributed by atoms with E-state index in [1.54, 1.807) is 6.20 Å². The first-order chi connectivity index (χ1) is 9.29. The van der Waals surface area contributed by atoms with Crippen LogP contribution in [0, 0.1) is 0 Å². The van der Waals surface area contributed by atoms with Gasteiger partial charge in [0, 0.05) is 37.1 Å². The second-order valence-corrected chi connectivity index (χ2v) is 4.31. The fraction of sp³-hybridized carbons (Fsp3) is 0.357. The number of H-pyrrole nitrogens is 1. The number of nitrogens with two attached hydrogens (primary N) is 1. The Kier molecular flexibility index (Phi) is 4.66. The highest BCUT2D eigenvalue weighted by Gasteiger charge is 2.02. The lowest BCUT2D eigenvalue weighted by Gasteiger charge is -2.11. The van der Waals surface area contributed by atoms with Crippen LogP contribution in [0.3, 0.4) is 0 Å². The molecule has 4 N–H and O–H groups in total. The molecule has 0 saturated heterocycles. The topological polar surface area (TPSA) is 76.0 Å². The van der Waals surface area contributed by atoms with Gasteiger partial charge in [0.05, 0.1) is 12.3 Å². The summed E-state index contributed by atoms with van der Waals surface area (Å²) in [6, 6.07) is 5.75. The molecule has 5 nitrogen and oxygen atoms in total. The van der Waals surface area contributed by atoms with Crippen molar-refractivity contribution in [2.24, 2.45) is 0 Å². The molecule has 5 heteroatoms. The van der Waals surface area contributed by atoms with Gasteiger partial charge in [-0.1, -0.05) is 6.92 Å². The maximum absolute atomic E-state index is 5.87. The minimum atomic E-state index is 0.671. The largest absolute Gasteiger partial charge is 0.491 e. The Bertz CT molecular complexity index is 496. The van der Waals surface area contributed by atoms with Crippen molar-refractivity contribution in [2.75, 3.05) is 24.2 Å². The predicted molar refractivity (Wildman–Crippen MR) is 77.4 cm³/mol. The van der Waals surface area contributed by atoms with E-state index in [9.17, 15) is 0 Å². The number of nitrogens with zero attached hydrogens (tertiary/aromatic N) is 1. The minimum Gasteiger partial charge on any atom is -0.491 e. The molecule has 0 bridgehead atoms. The van der Waals surface area contributed by atoms with Crippen molar-refractivity contribution in [3.8, 4) is 5.75 Å². The third kappa shape index (κ3) is 3.91. The van der Waals surface area contributed by atoms with E-state index in [0.29, 0.717) is 12.3 Å². The summed E-state index contributed by atoms with van der Waals surface area (Å²) in [7, 11) is 0. The normalized spacial score (nSPS) is 10.4. The van der Waals surface area contributed by atoms with Gasteiger partial charge in [-0.25, -0.2) is 4.98 Å². The quantitative estimate of drug-likeness (QED) is 0.668. The van der Waals surface area contributed by atoms with Crippen LogP contribution in [0.25, 0.3) is 0 Å². The summed E-state index contributed by atoms with van der Waals surface area (Å²) in [6.45, 7) is 3.56. The Hall–Kier alpha value is -2.17. The SMILES string of the molecule is CCCOc1cc(NCCc2ncc[nH]2)ccc1N. The van der Waals surface area contributed by atoms with E-state index in [-0.39, 0.29) is 0 Å². The predicted octanol–water partition coefficient (Wildman–Crippen LogP) is 2.44. The first-order valence-corrected chi connectivity index (χ1v) is 6.54. The van der Waals surface area contributed by atoms with Gasteiger partial charge in [-0.15, -0.1) is 0 Å². The van der Waals surface area contributed by atoms with Gasteiger partial charge in [-0.2, -0.15) is 0 Å². The molecule has 0 saturated carbocycles. The van der Waals surface area contributed by atoms with Gasteiger partial charge in [0.2, 0.25) is 0 Å². The molecule has 1 aromatic heterocycles. The van der Waals surface area contributed by atoms with Crippen LogP contribution < -0.4 is 15.8 Å². The number of benzene rings is 1. The Morgan fingerprint density at radius 3 is 3.05 bits per heavy atom. The number of imidazole rings is 1. The van der Waals surface area contributed by atoms with E-state index in [1.165, 1.54) is 0 Å². The summed E-state index contributed by atoms with van der Waals surface area (Å²) in [5, 5.41) is 3.33. The van der Waals surface area contributed by atoms with Crippen LogP contribution in [0.15, 0.2) is 30.6 Å². The average molecular weight is 260 g/mol. The molecule has 2 aromatic rings. The summed E-state index contributed by atoms with van der Waals surface area (Å²) < 4.78 is 5.60. The minimum absolute atomic E-state index is 0.671. The lowest BCUT2D eigenvalue weighted by Crippen LogP contribution is -2.07. The van der Waals surface area contributed by atoms with Crippen LogP contribution >= 0.6 is 0 Å². The highest BCUT2D eigenvalue weighted by Crippen LogP contribution is 2.25. The molecule has 102 valence electrons. The van der Waals surface area contributed by atoms with E-state index in [0.717, 1.165) is 36.6 Å². The van der Waals surface area contributed by atoms with Gasteiger partial charge in [-0.05, 0) is 18.6 Å². The summed E-state index contributed by atoms with van der Waals surface area (Å²) in [4.78, 5) is 7.26. The van der Waals surface area contributed by atoms with Crippen LogP contribution in [0.2, 0.25) is 0 Å². The zero-order valence-corrected chi connectivity index (χ0v) is 11.1. The van der Waals surface area contributed by atoms with Crippen LogP contribution in [0.5, 0.6) is 5.75 Å². The average Bonchev–Trinajstić information content (AvgIpc) is 2.92. The van der Waals surface area contributed by atoms with Crippen molar-refractivity contribution in [1.29, 1.82) is 0 Å². The number of nitrogen functional groups attached to an aromatic ring is 1. The molecule has 0 aliphatic rings. The number of rotatable bonds is 7. The first kappa shape index (κ1) is 13.3. The molecule has 0 aliphatic heterocycles. The zero-order chi connectivity index (χ0) is 13.5. The van der Waals surface area contributed by atoms with Gasteiger partial charge in [0.25, 0.3) is 0 Å². The van der Waals surface area contributed by atoms with Crippen molar-refractivity contribution in [3.05, 3.63) is 36.4 Å². The number of hydrogen-bond acceptors (Lipinski definition) is 4. The van der Waals surface area contributed by atoms with Crippen LogP contribution in [-0.4, -0.2) is 23.1 Å². The van der Waals surface area contributed by atoms with E-state index in [4.69, 9.17) is 10.5 Å². The summed E-state index contributed by atoms with van der Waals surface area (Å²) in [6.07, 6.45) is 5.41. The summed E-state index contributed by atoms with van der Waals surface area (Å²) >= 11 is 0. The Morgan fingerprint density at radius 1 is 1.42 bits per heavy atom. The number of hydrogen-bond donors (Lipinski definition) is 3. The van der Waals surface area contributed by atoms with Gasteiger partial charge in [0.1, 0.15) is 11.6 Å². The maximum atomic E-state index is 5.87. The number of ether oxygens (including phenoxy) is 1. The Balaban J connectivity index is 1.89. The standard InChI is InChI=1S/C14H20N4O/c1-2-9-19-13-10-11(3-4-12(13)15)16-6-5-14-17-7-8-18-14/h3-4,7-8,10,16H,2,5-6,9,15H2,1H3,(H,17,18). The van der Waals surface area contributed by atoms with E-state index >= 15 is 0 Å². The number of aromatic nitrogens is 2. The monoisotopic (exact) mass is 260 g/mol. The van der Waals surface area contributed by atoms with E-state index in [2.05, 4.69) is 22.2 Å². The molecule has 0 amide bonds. The number of anilines is 2. The second-order valence-electron chi connectivity index (χ2n) is 4.31. The van der Waals surface area contributed by atoms with Gasteiger partial charge in [0.15, 0.2) is 0 Å². The van der Waals surface area contributed by atoms with Crippen molar-refractivity contribution in [2.45, 2.75) is 19.8 Å². The van der Waals surface area contributed by atoms with Gasteiger partial charge < -0.3 is 20.8 Å². The third-order valence-electron chi connectivity index (χ3n) is 2.72. The fourth-order valence-electron chi connectivity index (χ4n) is 1.74. The van der Waals surface area contributed by atoms with Crippen molar-refractivity contribution in [1.82, 2.24) is 9.97 Å². The molecule has 0 atom stereocenters. The van der Waals surface area contributed by atoms with E-state index in [1.807, 2.05) is 24.4 Å². The van der Waals surface area contributed by atoms with Crippen molar-refractivity contribution < 1.29 is 4.74 Å². The Labute approximate surface area is 113 Å². The van der Waals surface area contributed by atoms with Gasteiger partial charge in [-0.3, -0.25) is 0 Å². The fourth-order valence-corrected chi connectivity index (χ4v) is 1.74. The van der Waals surface area contributed by atoms with Crippen LogP contribution in [-0.2, 0) is 6.42 Å². The number of aromatic amines is 1. The smallest absolute Gasteiger partial charge is 0.144 e. The molecule has 1 heterocycles. The lowest BCUT2D eigenvalue weighted by atomic mass is 10.2. The molecule has 0 radical (unpaired) electrons. The first-order valence-electron chi connectivity index (χ1n) is 6.54. The molecule has 1 aromatic carbocycles. The molecule has 2 rings (SSSR count). The summed E-state index contributed by atoms with van der Waals surface area (Å²) in [5.74, 6) is 1.72. The van der Waals surface area contributed by atoms with Gasteiger partial charge >= 0.3 is 0 Å². The lowest BCUT2D eigenvalue weighted by molar-refractivity contribution is 0.319. The second kappa shape index (κ2) is 6.68. The maximum Gasteiger partial charge on any atom is 0.144 e. The summed E-state index contributed by atoms with van der Waals surface area (Å²) in [5.41, 5.74) is 7.55. The van der Waals surface area contributed by atoms with E-state index < -0.39 is 0 Å². The number of nitrogens with one attached hydrogen (secondary N) is 2. The van der Waals surface area contributed by atoms with Crippen molar-refractivity contribution in [3.63, 3.8) is 0 Å². The van der Waals surface area contributed by atoms with Crippen molar-refractivity contribution >= 4 is 11.4 Å². The molecular weight excluding hydrogens is 240 g/mol. The third-order valence-corrected chi connectivity index (χ3v) is 2.72. The molecule has 19 heavy (non-hydrogen) atoms.